The minimum absolute atomic E-state index is 0.0681. The maximum absolute atomic E-state index is 14.8. The van der Waals surface area contributed by atoms with Crippen LogP contribution in [0.4, 0.5) is 22.0 Å². The summed E-state index contributed by atoms with van der Waals surface area (Å²) in [5, 5.41) is 1.42. The van der Waals surface area contributed by atoms with E-state index in [1.165, 1.54) is 18.5 Å². The zero-order chi connectivity index (χ0) is 24.9. The summed E-state index contributed by atoms with van der Waals surface area (Å²) in [5.41, 5.74) is -4.29. The van der Waals surface area contributed by atoms with E-state index >= 15 is 0 Å². The maximum Gasteiger partial charge on any atom is 0.417 e. The van der Waals surface area contributed by atoms with Gasteiger partial charge in [0.2, 0.25) is 0 Å². The van der Waals surface area contributed by atoms with Crippen molar-refractivity contribution in [1.29, 1.82) is 0 Å². The molecule has 0 saturated carbocycles. The van der Waals surface area contributed by atoms with Crippen LogP contribution in [0, 0.1) is 11.6 Å². The Balaban J connectivity index is 2.17. The topological polar surface area (TPSA) is 76.3 Å². The molecule has 2 aromatic carbocycles. The van der Waals surface area contributed by atoms with Crippen LogP contribution in [0.5, 0.6) is 0 Å². The largest absolute Gasteiger partial charge is 0.417 e. The van der Waals surface area contributed by atoms with E-state index < -0.39 is 68.3 Å². The van der Waals surface area contributed by atoms with Crippen molar-refractivity contribution >= 4 is 23.2 Å². The van der Waals surface area contributed by atoms with Gasteiger partial charge in [0.05, 0.1) is 27.5 Å². The van der Waals surface area contributed by atoms with Crippen molar-refractivity contribution in [1.82, 2.24) is 14.9 Å². The van der Waals surface area contributed by atoms with Gasteiger partial charge in [0.15, 0.2) is 0 Å². The summed E-state index contributed by atoms with van der Waals surface area (Å²) in [5.74, 6) is -3.01. The molecule has 4 rings (SSSR count). The normalized spacial score (nSPS) is 15.2. The molecule has 6 nitrogen and oxygen atoms in total. The van der Waals surface area contributed by atoms with Crippen LogP contribution >= 0.6 is 11.6 Å². The molecule has 0 radical (unpaired) electrons. The number of alkyl halides is 3. The Morgan fingerprint density at radius 2 is 1.76 bits per heavy atom. The number of aromatic nitrogens is 2. The van der Waals surface area contributed by atoms with E-state index in [0.29, 0.717) is 6.07 Å². The van der Waals surface area contributed by atoms with Crippen LogP contribution in [0.15, 0.2) is 46.3 Å². The summed E-state index contributed by atoms with van der Waals surface area (Å²) in [6.07, 6.45) is -3.81. The van der Waals surface area contributed by atoms with Crippen LogP contribution in [0.2, 0.25) is 5.02 Å². The van der Waals surface area contributed by atoms with E-state index in [1.807, 2.05) is 0 Å². The molecule has 2 heterocycles. The maximum atomic E-state index is 14.8. The highest BCUT2D eigenvalue weighted by molar-refractivity contribution is 6.37. The average Bonchev–Trinajstić information content (AvgIpc) is 2.87. The van der Waals surface area contributed by atoms with Gasteiger partial charge in [-0.2, -0.15) is 18.2 Å². The van der Waals surface area contributed by atoms with Gasteiger partial charge in [-0.25, -0.2) is 8.78 Å². The SMILES string of the molecule is CNC(=O)c1cn2c(nc1=O)[C@H](C)N=C(c1c(F)cccc1F)c1c-2ccc(C(F)(F)F)c1Cl. The van der Waals surface area contributed by atoms with Gasteiger partial charge in [-0.15, -0.1) is 0 Å². The van der Waals surface area contributed by atoms with Gasteiger partial charge in [0, 0.05) is 18.8 Å². The van der Waals surface area contributed by atoms with Crippen LogP contribution < -0.4 is 10.9 Å². The van der Waals surface area contributed by atoms with Crippen LogP contribution in [0.1, 0.15) is 45.8 Å². The standard InChI is InChI=1S/C22H14ClF5N4O2/c1-9-19-31-21(34)10(20(33)29-2)8-32(19)14-7-6-11(22(26,27)28)17(23)16(14)18(30-9)15-12(24)4-3-5-13(15)25/h3-9H,1-2H3,(H,29,33)/t9-/m0/s1. The highest BCUT2D eigenvalue weighted by Gasteiger charge is 2.38. The van der Waals surface area contributed by atoms with E-state index in [4.69, 9.17) is 11.6 Å². The van der Waals surface area contributed by atoms with Crippen LogP contribution in [-0.2, 0) is 6.18 Å². The number of nitrogens with one attached hydrogen (secondary N) is 1. The summed E-state index contributed by atoms with van der Waals surface area (Å²) in [6, 6.07) is 3.59. The van der Waals surface area contributed by atoms with Crippen molar-refractivity contribution in [3.8, 4) is 5.69 Å². The fourth-order valence-electron chi connectivity index (χ4n) is 3.69. The van der Waals surface area contributed by atoms with E-state index in [2.05, 4.69) is 15.3 Å². The lowest BCUT2D eigenvalue weighted by Crippen LogP contribution is -2.30. The molecule has 1 atom stereocenters. The van der Waals surface area contributed by atoms with Gasteiger partial charge in [0.25, 0.3) is 11.5 Å². The number of nitrogens with zero attached hydrogens (tertiary/aromatic N) is 3. The highest BCUT2D eigenvalue weighted by atomic mass is 35.5. The second-order valence-electron chi connectivity index (χ2n) is 7.34. The first-order valence-electron chi connectivity index (χ1n) is 9.74. The number of amides is 1. The van der Waals surface area contributed by atoms with Gasteiger partial charge in [-0.1, -0.05) is 17.7 Å². The Hall–Kier alpha value is -3.60. The van der Waals surface area contributed by atoms with Gasteiger partial charge in [-0.05, 0) is 31.2 Å². The number of carbonyl (C=O) groups is 1. The molecule has 12 heteroatoms. The van der Waals surface area contributed by atoms with Gasteiger partial charge in [-0.3, -0.25) is 14.6 Å². The van der Waals surface area contributed by atoms with Crippen LogP contribution in [0.25, 0.3) is 5.69 Å². The van der Waals surface area contributed by atoms with Crippen LogP contribution in [0.3, 0.4) is 0 Å². The number of benzene rings is 2. The van der Waals surface area contributed by atoms with Crippen molar-refractivity contribution in [2.75, 3.05) is 7.05 Å². The third kappa shape index (κ3) is 3.75. The van der Waals surface area contributed by atoms with Gasteiger partial charge < -0.3 is 9.88 Å². The summed E-state index contributed by atoms with van der Waals surface area (Å²) >= 11 is 6.19. The van der Waals surface area contributed by atoms with Crippen molar-refractivity contribution in [3.63, 3.8) is 0 Å². The number of carbonyl (C=O) groups excluding carboxylic acids is 1. The Morgan fingerprint density at radius 1 is 1.12 bits per heavy atom. The van der Waals surface area contributed by atoms with Gasteiger partial charge in [0.1, 0.15) is 29.1 Å². The first kappa shape index (κ1) is 23.6. The van der Waals surface area contributed by atoms with Crippen LogP contribution in [-0.4, -0.2) is 28.2 Å². The molecule has 0 fully saturated rings. The lowest BCUT2D eigenvalue weighted by atomic mass is 9.97. The number of hydrogen-bond donors (Lipinski definition) is 1. The third-order valence-corrected chi connectivity index (χ3v) is 5.63. The molecule has 1 aliphatic rings. The number of rotatable bonds is 2. The molecule has 3 aromatic rings. The minimum atomic E-state index is -4.89. The molecule has 0 spiro atoms. The minimum Gasteiger partial charge on any atom is -0.355 e. The molecule has 0 aliphatic carbocycles. The monoisotopic (exact) mass is 496 g/mol. The molecule has 1 aromatic heterocycles. The van der Waals surface area contributed by atoms with Crippen molar-refractivity contribution in [2.24, 2.45) is 4.99 Å². The smallest absolute Gasteiger partial charge is 0.355 e. The Kier molecular flexibility index (Phi) is 5.76. The highest BCUT2D eigenvalue weighted by Crippen LogP contribution is 2.41. The summed E-state index contributed by atoms with van der Waals surface area (Å²) in [4.78, 5) is 32.7. The number of aliphatic imine (C=N–C) groups is 1. The summed E-state index contributed by atoms with van der Waals surface area (Å²) in [6.45, 7) is 1.43. The van der Waals surface area contributed by atoms with E-state index in [0.717, 1.165) is 30.5 Å². The molecule has 1 N–H and O–H groups in total. The van der Waals surface area contributed by atoms with Gasteiger partial charge >= 0.3 is 6.18 Å². The molecular weight excluding hydrogens is 483 g/mol. The molecule has 34 heavy (non-hydrogen) atoms. The number of fused-ring (bicyclic) bond motifs is 3. The molecule has 0 unspecified atom stereocenters. The predicted molar refractivity (Wildman–Crippen MR) is 114 cm³/mol. The quantitative estimate of drug-likeness (QED) is 0.532. The first-order chi connectivity index (χ1) is 16.0. The number of halogens is 6. The Morgan fingerprint density at radius 3 is 2.35 bits per heavy atom. The van der Waals surface area contributed by atoms with Crippen molar-refractivity contribution < 1.29 is 26.7 Å². The molecular formula is C22H14ClF5N4O2. The lowest BCUT2D eigenvalue weighted by Gasteiger charge is -2.19. The molecule has 176 valence electrons. The van der Waals surface area contributed by atoms with Crippen molar-refractivity contribution in [3.05, 3.63) is 91.6 Å². The zero-order valence-corrected chi connectivity index (χ0v) is 18.2. The van der Waals surface area contributed by atoms with E-state index in [-0.39, 0.29) is 11.5 Å². The second-order valence-corrected chi connectivity index (χ2v) is 7.71. The Bertz CT molecular complexity index is 1410. The molecule has 0 saturated heterocycles. The van der Waals surface area contributed by atoms with E-state index in [1.54, 1.807) is 0 Å². The fraction of sp³-hybridized carbons (Fsp3) is 0.182. The second kappa shape index (κ2) is 8.32. The first-order valence-corrected chi connectivity index (χ1v) is 10.1. The summed E-state index contributed by atoms with van der Waals surface area (Å²) < 4.78 is 71.7. The van der Waals surface area contributed by atoms with Crippen molar-refractivity contribution in [2.45, 2.75) is 19.1 Å². The lowest BCUT2D eigenvalue weighted by molar-refractivity contribution is -0.137. The fourth-order valence-corrected chi connectivity index (χ4v) is 4.04. The average molecular weight is 497 g/mol. The zero-order valence-electron chi connectivity index (χ0n) is 17.5. The number of hydrogen-bond acceptors (Lipinski definition) is 4. The molecule has 0 bridgehead atoms. The Labute approximate surface area is 193 Å². The predicted octanol–water partition coefficient (Wildman–Crippen LogP) is 4.45. The summed E-state index contributed by atoms with van der Waals surface area (Å²) in [7, 11) is 1.28. The third-order valence-electron chi connectivity index (χ3n) is 5.24. The molecule has 1 aliphatic heterocycles. The molecule has 1 amide bonds. The van der Waals surface area contributed by atoms with E-state index in [9.17, 15) is 31.5 Å².